The van der Waals surface area contributed by atoms with Crippen molar-refractivity contribution in [1.29, 1.82) is 0 Å². The van der Waals surface area contributed by atoms with Crippen molar-refractivity contribution in [3.8, 4) is 11.5 Å². The van der Waals surface area contributed by atoms with E-state index in [2.05, 4.69) is 54.9 Å². The van der Waals surface area contributed by atoms with Gasteiger partial charge in [0.2, 0.25) is 5.89 Å². The van der Waals surface area contributed by atoms with Gasteiger partial charge < -0.3 is 9.73 Å². The SMILES string of the molecule is Cc1cc(C)c2oc(-c3ccc(NC(=O)c4cc(I)ccc4Br)cc3)nc2c1. The van der Waals surface area contributed by atoms with Crippen molar-refractivity contribution in [1.82, 2.24) is 4.98 Å². The maximum atomic E-state index is 12.6. The molecule has 6 heteroatoms. The van der Waals surface area contributed by atoms with E-state index in [1.54, 1.807) is 0 Å². The highest BCUT2D eigenvalue weighted by Gasteiger charge is 2.13. The number of halogens is 2. The van der Waals surface area contributed by atoms with Crippen molar-refractivity contribution in [2.75, 3.05) is 5.32 Å². The summed E-state index contributed by atoms with van der Waals surface area (Å²) in [5.74, 6) is 0.410. The molecule has 1 aromatic heterocycles. The van der Waals surface area contributed by atoms with Crippen LogP contribution in [0.25, 0.3) is 22.6 Å². The van der Waals surface area contributed by atoms with E-state index < -0.39 is 0 Å². The van der Waals surface area contributed by atoms with Crippen LogP contribution < -0.4 is 5.32 Å². The number of oxazole rings is 1. The van der Waals surface area contributed by atoms with Crippen molar-refractivity contribution >= 4 is 61.2 Å². The Morgan fingerprint density at radius 3 is 2.57 bits per heavy atom. The van der Waals surface area contributed by atoms with Crippen LogP contribution in [0.1, 0.15) is 21.5 Å². The number of hydrogen-bond acceptors (Lipinski definition) is 3. The number of fused-ring (bicyclic) bond motifs is 1. The molecule has 0 atom stereocenters. The largest absolute Gasteiger partial charge is 0.436 e. The lowest BCUT2D eigenvalue weighted by molar-refractivity contribution is 0.102. The van der Waals surface area contributed by atoms with Gasteiger partial charge in [0.05, 0.1) is 5.56 Å². The van der Waals surface area contributed by atoms with E-state index >= 15 is 0 Å². The van der Waals surface area contributed by atoms with Gasteiger partial charge in [0.1, 0.15) is 5.52 Å². The molecular weight excluding hydrogens is 531 g/mol. The molecule has 4 rings (SSSR count). The zero-order valence-corrected chi connectivity index (χ0v) is 19.0. The minimum absolute atomic E-state index is 0.161. The molecule has 1 heterocycles. The van der Waals surface area contributed by atoms with E-state index in [1.165, 1.54) is 0 Å². The lowest BCUT2D eigenvalue weighted by Crippen LogP contribution is -2.12. The average molecular weight is 547 g/mol. The summed E-state index contributed by atoms with van der Waals surface area (Å²) >= 11 is 5.62. The monoisotopic (exact) mass is 546 g/mol. The number of amides is 1. The predicted octanol–water partition coefficient (Wildman–Crippen LogP) is 6.73. The molecule has 140 valence electrons. The van der Waals surface area contributed by atoms with Gasteiger partial charge in [-0.2, -0.15) is 0 Å². The Morgan fingerprint density at radius 1 is 1.07 bits per heavy atom. The van der Waals surface area contributed by atoms with Crippen molar-refractivity contribution < 1.29 is 9.21 Å². The van der Waals surface area contributed by atoms with Crippen LogP contribution in [0.2, 0.25) is 0 Å². The lowest BCUT2D eigenvalue weighted by atomic mass is 10.1. The number of rotatable bonds is 3. The molecule has 1 amide bonds. The number of carbonyl (C=O) groups excluding carboxylic acids is 1. The zero-order chi connectivity index (χ0) is 19.8. The van der Waals surface area contributed by atoms with Gasteiger partial charge in [-0.25, -0.2) is 4.98 Å². The minimum Gasteiger partial charge on any atom is -0.436 e. The summed E-state index contributed by atoms with van der Waals surface area (Å²) in [6, 6.07) is 17.2. The molecule has 4 aromatic rings. The third-order valence-electron chi connectivity index (χ3n) is 4.38. The topological polar surface area (TPSA) is 55.1 Å². The highest BCUT2D eigenvalue weighted by Crippen LogP contribution is 2.28. The van der Waals surface area contributed by atoms with Gasteiger partial charge in [-0.1, -0.05) is 6.07 Å². The van der Waals surface area contributed by atoms with Crippen LogP contribution >= 0.6 is 38.5 Å². The second kappa shape index (κ2) is 7.67. The maximum Gasteiger partial charge on any atom is 0.256 e. The Morgan fingerprint density at radius 2 is 1.82 bits per heavy atom. The summed E-state index contributed by atoms with van der Waals surface area (Å²) in [5.41, 5.74) is 6.06. The van der Waals surface area contributed by atoms with Crippen LogP contribution in [0.15, 0.2) is 63.5 Å². The maximum absolute atomic E-state index is 12.6. The molecule has 0 unspecified atom stereocenters. The molecule has 0 aliphatic heterocycles. The number of carbonyl (C=O) groups is 1. The molecule has 3 aromatic carbocycles. The summed E-state index contributed by atoms with van der Waals surface area (Å²) in [5, 5.41) is 2.92. The second-order valence-electron chi connectivity index (χ2n) is 6.60. The summed E-state index contributed by atoms with van der Waals surface area (Å²) in [7, 11) is 0. The number of benzene rings is 3. The Labute approximate surface area is 184 Å². The minimum atomic E-state index is -0.161. The standard InChI is InChI=1S/C22H16BrIN2O2/c1-12-9-13(2)20-19(10-12)26-22(28-20)14-3-6-16(7-4-14)25-21(27)17-11-15(24)5-8-18(17)23/h3-11H,1-2H3,(H,25,27). The first-order valence-electron chi connectivity index (χ1n) is 8.65. The highest BCUT2D eigenvalue weighted by atomic mass is 127. The molecular formula is C22H16BrIN2O2. The number of hydrogen-bond donors (Lipinski definition) is 1. The van der Waals surface area contributed by atoms with Gasteiger partial charge in [-0.05, 0) is 112 Å². The van der Waals surface area contributed by atoms with Crippen LogP contribution in [0.3, 0.4) is 0 Å². The van der Waals surface area contributed by atoms with Crippen LogP contribution in [0.5, 0.6) is 0 Å². The Balaban J connectivity index is 1.58. The fourth-order valence-corrected chi connectivity index (χ4v) is 3.98. The first-order chi connectivity index (χ1) is 13.4. The molecule has 28 heavy (non-hydrogen) atoms. The zero-order valence-electron chi connectivity index (χ0n) is 15.2. The third kappa shape index (κ3) is 3.84. The molecule has 1 N–H and O–H groups in total. The quantitative estimate of drug-likeness (QED) is 0.290. The van der Waals surface area contributed by atoms with Gasteiger partial charge in [-0.15, -0.1) is 0 Å². The molecule has 0 saturated carbocycles. The third-order valence-corrected chi connectivity index (χ3v) is 5.75. The second-order valence-corrected chi connectivity index (χ2v) is 8.70. The molecule has 0 aliphatic rings. The predicted molar refractivity (Wildman–Crippen MR) is 124 cm³/mol. The smallest absolute Gasteiger partial charge is 0.256 e. The molecule has 0 fully saturated rings. The number of nitrogens with zero attached hydrogens (tertiary/aromatic N) is 1. The van der Waals surface area contributed by atoms with E-state index in [0.717, 1.165) is 35.8 Å². The Hall–Kier alpha value is -2.19. The fourth-order valence-electron chi connectivity index (χ4n) is 3.07. The molecule has 0 spiro atoms. The van der Waals surface area contributed by atoms with Gasteiger partial charge in [-0.3, -0.25) is 4.79 Å². The van der Waals surface area contributed by atoms with E-state index in [-0.39, 0.29) is 5.91 Å². The van der Waals surface area contributed by atoms with Crippen LogP contribution in [0, 0.1) is 17.4 Å². The van der Waals surface area contributed by atoms with Crippen molar-refractivity contribution in [3.63, 3.8) is 0 Å². The molecule has 4 nitrogen and oxygen atoms in total. The molecule has 0 bridgehead atoms. The Kier molecular flexibility index (Phi) is 5.25. The van der Waals surface area contributed by atoms with Crippen molar-refractivity contribution in [2.45, 2.75) is 13.8 Å². The summed E-state index contributed by atoms with van der Waals surface area (Å²) in [4.78, 5) is 17.2. The number of aromatic nitrogens is 1. The molecule has 0 radical (unpaired) electrons. The van der Waals surface area contributed by atoms with Crippen LogP contribution in [-0.2, 0) is 0 Å². The van der Waals surface area contributed by atoms with E-state index in [0.29, 0.717) is 17.1 Å². The lowest BCUT2D eigenvalue weighted by Gasteiger charge is -2.08. The average Bonchev–Trinajstić information content (AvgIpc) is 3.08. The molecule has 0 aliphatic carbocycles. The van der Waals surface area contributed by atoms with E-state index in [1.807, 2.05) is 62.4 Å². The Bertz CT molecular complexity index is 1200. The van der Waals surface area contributed by atoms with Gasteiger partial charge in [0.15, 0.2) is 5.58 Å². The van der Waals surface area contributed by atoms with Gasteiger partial charge in [0, 0.05) is 19.3 Å². The van der Waals surface area contributed by atoms with Crippen molar-refractivity contribution in [3.05, 3.63) is 79.3 Å². The first kappa shape index (κ1) is 19.1. The number of anilines is 1. The fraction of sp³-hybridized carbons (Fsp3) is 0.0909. The normalized spacial score (nSPS) is 11.0. The van der Waals surface area contributed by atoms with Gasteiger partial charge >= 0.3 is 0 Å². The summed E-state index contributed by atoms with van der Waals surface area (Å²) in [6.07, 6.45) is 0. The molecule has 0 saturated heterocycles. The van der Waals surface area contributed by atoms with Crippen LogP contribution in [0.4, 0.5) is 5.69 Å². The van der Waals surface area contributed by atoms with E-state index in [4.69, 9.17) is 4.42 Å². The highest BCUT2D eigenvalue weighted by molar-refractivity contribution is 14.1. The van der Waals surface area contributed by atoms with Crippen molar-refractivity contribution in [2.24, 2.45) is 0 Å². The number of nitrogens with one attached hydrogen (secondary N) is 1. The first-order valence-corrected chi connectivity index (χ1v) is 10.5. The van der Waals surface area contributed by atoms with Crippen LogP contribution in [-0.4, -0.2) is 10.9 Å². The summed E-state index contributed by atoms with van der Waals surface area (Å²) in [6.45, 7) is 4.07. The van der Waals surface area contributed by atoms with E-state index in [9.17, 15) is 4.79 Å². The van der Waals surface area contributed by atoms with Gasteiger partial charge in [0.25, 0.3) is 5.91 Å². The number of aryl methyl sites for hydroxylation is 2. The summed E-state index contributed by atoms with van der Waals surface area (Å²) < 4.78 is 7.72.